The summed E-state index contributed by atoms with van der Waals surface area (Å²) in [5, 5.41) is 8.25. The number of hydrogen-bond acceptors (Lipinski definition) is 5. The van der Waals surface area contributed by atoms with Gasteiger partial charge in [0.1, 0.15) is 21.8 Å². The van der Waals surface area contributed by atoms with Crippen LogP contribution in [0.1, 0.15) is 22.4 Å². The Hall–Kier alpha value is -4.02. The number of hydrogen-bond donors (Lipinski definition) is 0. The first-order valence-corrected chi connectivity index (χ1v) is 13.8. The van der Waals surface area contributed by atoms with Crippen LogP contribution in [0.25, 0.3) is 12.2 Å². The average Bonchev–Trinajstić information content (AvgIpc) is 3.40. The molecule has 1 aliphatic rings. The van der Waals surface area contributed by atoms with Gasteiger partial charge in [0.15, 0.2) is 5.78 Å². The van der Waals surface area contributed by atoms with Crippen LogP contribution in [-0.2, 0) is 17.1 Å². The minimum Gasteiger partial charge on any atom is -0.349 e. The monoisotopic (exact) mass is 576 g/mol. The van der Waals surface area contributed by atoms with Crippen LogP contribution < -0.4 is 0 Å². The minimum absolute atomic E-state index is 0.174. The summed E-state index contributed by atoms with van der Waals surface area (Å²) in [6.07, 6.45) is 4.76. The highest BCUT2D eigenvalue weighted by Gasteiger charge is 2.28. The second-order valence-corrected chi connectivity index (χ2v) is 10.7. The number of Topliss-reactive ketones (excluding diaryl/α,β-unsaturated/α-hetero) is 1. The molecule has 1 aromatic heterocycles. The zero-order valence-electron chi connectivity index (χ0n) is 21.1. The third kappa shape index (κ3) is 6.57. The highest BCUT2D eigenvalue weighted by atomic mass is 32.2. The number of thioether (sulfide) groups is 1. The number of rotatable bonds is 6. The zero-order chi connectivity index (χ0) is 28.1. The molecule has 2 heterocycles. The van der Waals surface area contributed by atoms with E-state index in [1.54, 1.807) is 65.5 Å². The largest absolute Gasteiger partial charge is 0.349 e. The van der Waals surface area contributed by atoms with Crippen molar-refractivity contribution in [2.45, 2.75) is 12.3 Å². The summed E-state index contributed by atoms with van der Waals surface area (Å²) >= 11 is 7.03. The molecule has 4 aromatic rings. The summed E-state index contributed by atoms with van der Waals surface area (Å²) in [6, 6.07) is 18.9. The number of ketones is 1. The summed E-state index contributed by atoms with van der Waals surface area (Å²) in [5.41, 5.74) is 2.41. The molecule has 5 rings (SSSR count). The van der Waals surface area contributed by atoms with E-state index < -0.39 is 11.6 Å². The maximum absolute atomic E-state index is 14.4. The van der Waals surface area contributed by atoms with Gasteiger partial charge in [-0.3, -0.25) is 4.79 Å². The molecule has 5 nitrogen and oxygen atoms in total. The van der Waals surface area contributed by atoms with Gasteiger partial charge in [-0.05, 0) is 30.4 Å². The molecule has 0 N–H and O–H groups in total. The molecule has 10 heteroatoms. The van der Waals surface area contributed by atoms with E-state index in [9.17, 15) is 18.0 Å². The van der Waals surface area contributed by atoms with Crippen molar-refractivity contribution < 1.29 is 18.0 Å². The van der Waals surface area contributed by atoms with Crippen molar-refractivity contribution in [2.75, 3.05) is 13.1 Å². The molecule has 0 unspecified atom stereocenters. The fraction of sp³-hybridized carbons (Fsp3) is 0.133. The first-order valence-electron chi connectivity index (χ1n) is 12.4. The van der Waals surface area contributed by atoms with E-state index in [2.05, 4.69) is 10.3 Å². The van der Waals surface area contributed by atoms with Crippen LogP contribution in [0.15, 0.2) is 90.1 Å². The van der Waals surface area contributed by atoms with E-state index in [0.29, 0.717) is 32.5 Å². The van der Waals surface area contributed by atoms with Crippen molar-refractivity contribution in [2.24, 2.45) is 0 Å². The van der Waals surface area contributed by atoms with Gasteiger partial charge in [-0.2, -0.15) is 0 Å². The predicted molar refractivity (Wildman–Crippen MR) is 155 cm³/mol. The Morgan fingerprint density at radius 1 is 0.850 bits per heavy atom. The van der Waals surface area contributed by atoms with E-state index in [4.69, 9.17) is 12.2 Å². The Morgan fingerprint density at radius 3 is 1.98 bits per heavy atom. The first kappa shape index (κ1) is 27.5. The third-order valence-electron chi connectivity index (χ3n) is 6.25. The van der Waals surface area contributed by atoms with E-state index in [-0.39, 0.29) is 42.4 Å². The number of halogens is 3. The lowest BCUT2D eigenvalue weighted by Gasteiger charge is -2.31. The van der Waals surface area contributed by atoms with Gasteiger partial charge in [-0.1, -0.05) is 83.8 Å². The van der Waals surface area contributed by atoms with E-state index >= 15 is 0 Å². The summed E-state index contributed by atoms with van der Waals surface area (Å²) < 4.78 is 44.8. The van der Waals surface area contributed by atoms with Gasteiger partial charge < -0.3 is 4.90 Å². The van der Waals surface area contributed by atoms with E-state index in [0.717, 1.165) is 0 Å². The van der Waals surface area contributed by atoms with Gasteiger partial charge in [0.2, 0.25) is 0 Å². The second-order valence-electron chi connectivity index (χ2n) is 9.12. The van der Waals surface area contributed by atoms with Crippen LogP contribution in [-0.4, -0.2) is 43.1 Å². The van der Waals surface area contributed by atoms with Gasteiger partial charge in [0.05, 0.1) is 12.2 Å². The van der Waals surface area contributed by atoms with Crippen molar-refractivity contribution in [3.63, 3.8) is 0 Å². The van der Waals surface area contributed by atoms with Gasteiger partial charge in [0.25, 0.3) is 0 Å². The number of carbonyl (C=O) groups is 1. The topological polar surface area (TPSA) is 51.0 Å². The molecule has 0 saturated carbocycles. The molecule has 202 valence electrons. The number of piperidine rings is 1. The van der Waals surface area contributed by atoms with Gasteiger partial charge >= 0.3 is 0 Å². The fourth-order valence-electron chi connectivity index (χ4n) is 4.24. The van der Waals surface area contributed by atoms with Gasteiger partial charge in [-0.15, -0.1) is 5.10 Å². The molecule has 3 aromatic carbocycles. The quantitative estimate of drug-likeness (QED) is 0.198. The highest BCUT2D eigenvalue weighted by molar-refractivity contribution is 8.22. The Kier molecular flexibility index (Phi) is 8.57. The van der Waals surface area contributed by atoms with Crippen molar-refractivity contribution >= 4 is 46.2 Å². The van der Waals surface area contributed by atoms with Crippen molar-refractivity contribution in [1.82, 2.24) is 19.9 Å². The molecule has 0 radical (unpaired) electrons. The number of likely N-dealkylation sites (tertiary alicyclic amines) is 1. The smallest absolute Gasteiger partial charge is 0.188 e. The van der Waals surface area contributed by atoms with Crippen molar-refractivity contribution in [1.29, 1.82) is 0 Å². The first-order chi connectivity index (χ1) is 19.4. The van der Waals surface area contributed by atoms with Gasteiger partial charge in [0, 0.05) is 52.9 Å². The summed E-state index contributed by atoms with van der Waals surface area (Å²) in [5.74, 6) is -1.09. The van der Waals surface area contributed by atoms with Crippen LogP contribution in [0, 0.1) is 17.5 Å². The van der Waals surface area contributed by atoms with Crippen molar-refractivity contribution in [3.05, 3.63) is 130 Å². The Bertz CT molecular complexity index is 1560. The SMILES string of the molecule is O=C1/C(=C/c2ccccc2F)CN(C(=S)SCc2cn(Cc3ccccc3F)nn2)C/C1=C\c1ccccc1F. The van der Waals surface area contributed by atoms with E-state index in [1.807, 2.05) is 4.90 Å². The molecule has 40 heavy (non-hydrogen) atoms. The molecular weight excluding hydrogens is 553 g/mol. The van der Waals surface area contributed by atoms with Crippen LogP contribution in [0.5, 0.6) is 0 Å². The highest BCUT2D eigenvalue weighted by Crippen LogP contribution is 2.27. The fourth-order valence-corrected chi connectivity index (χ4v) is 5.26. The second kappa shape index (κ2) is 12.4. The molecule has 0 atom stereocenters. The number of benzene rings is 3. The summed E-state index contributed by atoms with van der Waals surface area (Å²) in [4.78, 5) is 15.2. The maximum Gasteiger partial charge on any atom is 0.188 e. The molecule has 0 amide bonds. The Labute approximate surface area is 239 Å². The number of aromatic nitrogens is 3. The van der Waals surface area contributed by atoms with Crippen LogP contribution in [0.3, 0.4) is 0 Å². The molecular formula is C30H23F3N4OS2. The Morgan fingerprint density at radius 2 is 1.40 bits per heavy atom. The molecule has 0 bridgehead atoms. The lowest BCUT2D eigenvalue weighted by Crippen LogP contribution is -2.39. The van der Waals surface area contributed by atoms with Crippen LogP contribution in [0.2, 0.25) is 0 Å². The minimum atomic E-state index is -0.449. The third-order valence-corrected chi connectivity index (χ3v) is 7.81. The summed E-state index contributed by atoms with van der Waals surface area (Å²) in [6.45, 7) is 0.596. The average molecular weight is 577 g/mol. The maximum atomic E-state index is 14.4. The molecule has 1 aliphatic heterocycles. The molecule has 0 spiro atoms. The van der Waals surface area contributed by atoms with E-state index in [1.165, 1.54) is 42.1 Å². The van der Waals surface area contributed by atoms with Crippen LogP contribution in [0.4, 0.5) is 13.2 Å². The summed E-state index contributed by atoms with van der Waals surface area (Å²) in [7, 11) is 0. The lowest BCUT2D eigenvalue weighted by molar-refractivity contribution is -0.113. The normalized spacial score (nSPS) is 15.7. The zero-order valence-corrected chi connectivity index (χ0v) is 22.8. The lowest BCUT2D eigenvalue weighted by atomic mass is 9.94. The predicted octanol–water partition coefficient (Wildman–Crippen LogP) is 6.31. The van der Waals surface area contributed by atoms with Gasteiger partial charge in [-0.25, -0.2) is 17.9 Å². The standard InChI is InChI=1S/C30H23F3N4OS2/c31-26-10-4-1-7-20(26)13-23-15-36(16-24(29(23)38)14-21-8-2-5-11-27(21)32)30(39)40-19-25-18-37(35-34-25)17-22-9-3-6-12-28(22)33/h1-14,18H,15-17,19H2/b23-13+,24-14+. The molecule has 0 aliphatic carbocycles. The number of carbonyl (C=O) groups excluding carboxylic acids is 1. The molecule has 1 fully saturated rings. The van der Waals surface area contributed by atoms with Crippen LogP contribution >= 0.6 is 24.0 Å². The van der Waals surface area contributed by atoms with Crippen molar-refractivity contribution in [3.8, 4) is 0 Å². The molecule has 1 saturated heterocycles. The number of nitrogens with zero attached hydrogens (tertiary/aromatic N) is 4. The number of thiocarbonyl (C=S) groups is 1. The Balaban J connectivity index is 1.34.